The van der Waals surface area contributed by atoms with Crippen LogP contribution in [-0.2, 0) is 0 Å². The van der Waals surface area contributed by atoms with Gasteiger partial charge in [-0.3, -0.25) is 42.5 Å². The highest BCUT2D eigenvalue weighted by Gasteiger charge is 2.48. The van der Waals surface area contributed by atoms with Crippen LogP contribution in [0.4, 0.5) is 0 Å². The highest BCUT2D eigenvalue weighted by atomic mass is 15.4. The van der Waals surface area contributed by atoms with Crippen LogP contribution in [0.25, 0.3) is 0 Å². The van der Waals surface area contributed by atoms with E-state index in [1.54, 1.807) is 0 Å². The first-order valence-electron chi connectivity index (χ1n) is 13.2. The van der Waals surface area contributed by atoms with Gasteiger partial charge in [-0.05, 0) is 47.3 Å². The number of hydrogen-bond donors (Lipinski definition) is 8. The molecule has 5 aliphatic rings. The van der Waals surface area contributed by atoms with E-state index in [-0.39, 0.29) is 0 Å². The fourth-order valence-electron chi connectivity index (χ4n) is 6.79. The minimum atomic E-state index is 0.303. The van der Waals surface area contributed by atoms with E-state index in [0.29, 0.717) is 96.7 Å². The van der Waals surface area contributed by atoms with Crippen LogP contribution in [0.5, 0.6) is 0 Å². The Morgan fingerprint density at radius 2 is 0.312 bits per heavy atom. The monoisotopic (exact) mass is 448 g/mol. The lowest BCUT2D eigenvalue weighted by atomic mass is 9.91. The quantitative estimate of drug-likeness (QED) is 0.271. The van der Waals surface area contributed by atoms with Gasteiger partial charge >= 0.3 is 0 Å². The normalized spacial score (nSPS) is 60.8. The zero-order valence-corrected chi connectivity index (χ0v) is 21.2. The molecule has 0 amide bonds. The van der Waals surface area contributed by atoms with Gasteiger partial charge in [0.2, 0.25) is 0 Å². The Balaban J connectivity index is 1.41. The standard InChI is InChI=1S/C24H48N8/c1-9-10(2)18-25-17(9)29-19-11(3)12(4)21(26-19)31-23-15(7)16(8)24(28-23)32-22-14(6)13(5)20(27-22)30-18/h9-32H,1-8H3. The molecule has 0 aromatic heterocycles. The first-order chi connectivity index (χ1) is 15.2. The summed E-state index contributed by atoms with van der Waals surface area (Å²) in [5.41, 5.74) is 0. The van der Waals surface area contributed by atoms with E-state index < -0.39 is 0 Å². The van der Waals surface area contributed by atoms with Gasteiger partial charge in [0.1, 0.15) is 0 Å². The van der Waals surface area contributed by atoms with Crippen molar-refractivity contribution in [3.8, 4) is 0 Å². The van der Waals surface area contributed by atoms with E-state index in [0.717, 1.165) is 0 Å². The summed E-state index contributed by atoms with van der Waals surface area (Å²) in [6.45, 7) is 19.1. The molecule has 0 spiro atoms. The Kier molecular flexibility index (Phi) is 6.38. The second-order valence-electron chi connectivity index (χ2n) is 12.0. The lowest BCUT2D eigenvalue weighted by molar-refractivity contribution is 0.267. The van der Waals surface area contributed by atoms with Crippen molar-refractivity contribution < 1.29 is 0 Å². The van der Waals surface area contributed by atoms with Gasteiger partial charge < -0.3 is 0 Å². The maximum absolute atomic E-state index is 3.95. The van der Waals surface area contributed by atoms with Crippen LogP contribution in [0.15, 0.2) is 0 Å². The van der Waals surface area contributed by atoms with Crippen molar-refractivity contribution in [2.24, 2.45) is 47.3 Å². The highest BCUT2D eigenvalue weighted by Crippen LogP contribution is 2.33. The van der Waals surface area contributed by atoms with Crippen LogP contribution in [0.2, 0.25) is 0 Å². The molecule has 8 N–H and O–H groups in total. The SMILES string of the molecule is CC1C2NC(NC3NC(NC4NC(NC5NC(N2)C(C)C5C)C(C)C4C)C(C)C3C)C1C. The summed E-state index contributed by atoms with van der Waals surface area (Å²) in [4.78, 5) is 0. The Morgan fingerprint density at radius 1 is 0.219 bits per heavy atom. The first-order valence-corrected chi connectivity index (χ1v) is 13.2. The molecular formula is C24H48N8. The Bertz CT molecular complexity index is 516. The predicted octanol–water partition coefficient (Wildman–Crippen LogP) is 0.469. The van der Waals surface area contributed by atoms with Gasteiger partial charge in [0.25, 0.3) is 0 Å². The Hall–Kier alpha value is -0.320. The van der Waals surface area contributed by atoms with Crippen molar-refractivity contribution in [1.82, 2.24) is 42.5 Å². The van der Waals surface area contributed by atoms with E-state index in [1.807, 2.05) is 0 Å². The van der Waals surface area contributed by atoms with E-state index in [1.165, 1.54) is 0 Å². The lowest BCUT2D eigenvalue weighted by Crippen LogP contribution is -2.61. The van der Waals surface area contributed by atoms with Crippen LogP contribution in [0.3, 0.4) is 0 Å². The van der Waals surface area contributed by atoms with Gasteiger partial charge in [0.15, 0.2) is 0 Å². The molecule has 5 aliphatic heterocycles. The maximum Gasteiger partial charge on any atom is 0.0625 e. The summed E-state index contributed by atoms with van der Waals surface area (Å²) < 4.78 is 0. The number of rotatable bonds is 0. The van der Waals surface area contributed by atoms with Crippen molar-refractivity contribution in [2.45, 2.75) is 105 Å². The smallest absolute Gasteiger partial charge is 0.0625 e. The molecule has 8 nitrogen and oxygen atoms in total. The molecule has 0 aromatic carbocycles. The van der Waals surface area contributed by atoms with Crippen molar-refractivity contribution in [1.29, 1.82) is 0 Å². The van der Waals surface area contributed by atoms with E-state index >= 15 is 0 Å². The topological polar surface area (TPSA) is 96.2 Å². The molecule has 8 heteroatoms. The largest absolute Gasteiger partial charge is 0.286 e. The third-order valence-corrected chi connectivity index (χ3v) is 10.4. The minimum Gasteiger partial charge on any atom is -0.286 e. The van der Waals surface area contributed by atoms with Gasteiger partial charge in [-0.25, -0.2) is 0 Å². The summed E-state index contributed by atoms with van der Waals surface area (Å²) >= 11 is 0. The molecule has 8 bridgehead atoms. The van der Waals surface area contributed by atoms with Gasteiger partial charge in [-0.15, -0.1) is 0 Å². The van der Waals surface area contributed by atoms with Crippen LogP contribution in [0.1, 0.15) is 55.4 Å². The molecule has 0 saturated carbocycles. The molecule has 8 atom stereocenters. The number of hydrogen-bond acceptors (Lipinski definition) is 8. The summed E-state index contributed by atoms with van der Waals surface area (Å²) in [5.74, 6) is 4.45. The molecule has 32 heavy (non-hydrogen) atoms. The molecule has 8 unspecified atom stereocenters. The predicted molar refractivity (Wildman–Crippen MR) is 129 cm³/mol. The second-order valence-corrected chi connectivity index (χ2v) is 12.0. The highest BCUT2D eigenvalue weighted by molar-refractivity contribution is 5.03. The average Bonchev–Trinajstić information content (AvgIpc) is 3.37. The molecule has 0 radical (unpaired) electrons. The third kappa shape index (κ3) is 3.85. The second kappa shape index (κ2) is 8.72. The molecule has 5 heterocycles. The van der Waals surface area contributed by atoms with Crippen molar-refractivity contribution >= 4 is 0 Å². The van der Waals surface area contributed by atoms with E-state index in [2.05, 4.69) is 97.9 Å². The fourth-order valence-corrected chi connectivity index (χ4v) is 6.79. The van der Waals surface area contributed by atoms with Crippen LogP contribution in [0, 0.1) is 47.3 Å². The Morgan fingerprint density at radius 3 is 0.406 bits per heavy atom. The van der Waals surface area contributed by atoms with Gasteiger partial charge in [-0.2, -0.15) is 0 Å². The van der Waals surface area contributed by atoms with E-state index in [4.69, 9.17) is 0 Å². The molecule has 0 aromatic rings. The number of fused-ring (bicyclic) bond motifs is 8. The first kappa shape index (κ1) is 23.4. The summed E-state index contributed by atoms with van der Waals surface area (Å²) in [6.07, 6.45) is 2.42. The van der Waals surface area contributed by atoms with Gasteiger partial charge in [0.05, 0.1) is 49.3 Å². The summed E-state index contributed by atoms with van der Waals surface area (Å²) in [5, 5.41) is 31.4. The van der Waals surface area contributed by atoms with Crippen LogP contribution in [-0.4, -0.2) is 49.3 Å². The van der Waals surface area contributed by atoms with Crippen LogP contribution >= 0.6 is 0 Å². The zero-order chi connectivity index (χ0) is 22.9. The van der Waals surface area contributed by atoms with Gasteiger partial charge in [-0.1, -0.05) is 55.4 Å². The fraction of sp³-hybridized carbons (Fsp3) is 1.00. The Labute approximate surface area is 195 Å². The van der Waals surface area contributed by atoms with Crippen molar-refractivity contribution in [3.63, 3.8) is 0 Å². The van der Waals surface area contributed by atoms with E-state index in [9.17, 15) is 0 Å². The zero-order valence-electron chi connectivity index (χ0n) is 21.2. The molecule has 5 saturated heterocycles. The third-order valence-electron chi connectivity index (χ3n) is 10.4. The maximum atomic E-state index is 3.95. The molecule has 184 valence electrons. The molecular weight excluding hydrogens is 400 g/mol. The minimum absolute atomic E-state index is 0.303. The average molecular weight is 449 g/mol. The number of nitrogens with one attached hydrogen (secondary N) is 8. The summed E-state index contributed by atoms with van der Waals surface area (Å²) in [7, 11) is 0. The van der Waals surface area contributed by atoms with Gasteiger partial charge in [0, 0.05) is 0 Å². The lowest BCUT2D eigenvalue weighted by Gasteiger charge is -2.29. The van der Waals surface area contributed by atoms with Crippen molar-refractivity contribution in [3.05, 3.63) is 0 Å². The molecule has 0 aliphatic carbocycles. The van der Waals surface area contributed by atoms with Crippen molar-refractivity contribution in [2.75, 3.05) is 0 Å². The molecule has 5 fully saturated rings. The summed E-state index contributed by atoms with van der Waals surface area (Å²) in [6, 6.07) is 0. The van der Waals surface area contributed by atoms with Crippen LogP contribution < -0.4 is 42.5 Å². The molecule has 5 rings (SSSR count).